The Hall–Kier alpha value is -3.67. The lowest BCUT2D eigenvalue weighted by Gasteiger charge is -2.12. The normalized spacial score (nSPS) is 12.2. The fraction of sp³-hybridized carbons (Fsp3) is 0.350. The molecule has 1 aliphatic heterocycles. The van der Waals surface area contributed by atoms with Gasteiger partial charge in [-0.25, -0.2) is 9.36 Å². The molecule has 2 amide bonds. The Morgan fingerprint density at radius 2 is 1.97 bits per heavy atom. The molecule has 0 spiro atoms. The van der Waals surface area contributed by atoms with Gasteiger partial charge in [0.1, 0.15) is 18.2 Å². The van der Waals surface area contributed by atoms with E-state index >= 15 is 0 Å². The SMILES string of the molecule is Cc1cccc(NC(=O)CNC(=O)Cn2c(=O)c(C#N)c3n(c2=O)CCC3)c1C. The summed E-state index contributed by atoms with van der Waals surface area (Å²) in [5.74, 6) is -1.09. The van der Waals surface area contributed by atoms with Gasteiger partial charge in [0, 0.05) is 17.9 Å². The van der Waals surface area contributed by atoms with Crippen LogP contribution in [0.1, 0.15) is 28.8 Å². The largest absolute Gasteiger partial charge is 0.345 e. The highest BCUT2D eigenvalue weighted by Gasteiger charge is 2.23. The van der Waals surface area contributed by atoms with Gasteiger partial charge in [-0.3, -0.25) is 19.0 Å². The zero-order valence-electron chi connectivity index (χ0n) is 16.2. The second-order valence-electron chi connectivity index (χ2n) is 6.93. The summed E-state index contributed by atoms with van der Waals surface area (Å²) in [4.78, 5) is 49.3. The van der Waals surface area contributed by atoms with E-state index in [1.165, 1.54) is 4.57 Å². The smallest absolute Gasteiger partial charge is 0.331 e. The highest BCUT2D eigenvalue weighted by atomic mass is 16.2. The number of nitrogens with zero attached hydrogens (tertiary/aromatic N) is 3. The molecular weight excluding hydrogens is 374 g/mol. The van der Waals surface area contributed by atoms with Crippen molar-refractivity contribution in [1.29, 1.82) is 5.26 Å². The number of fused-ring (bicyclic) bond motifs is 1. The van der Waals surface area contributed by atoms with Gasteiger partial charge in [0.2, 0.25) is 11.8 Å². The van der Waals surface area contributed by atoms with E-state index in [1.54, 1.807) is 6.07 Å². The topological polar surface area (TPSA) is 126 Å². The number of nitrogens with one attached hydrogen (secondary N) is 2. The first-order valence-electron chi connectivity index (χ1n) is 9.23. The molecule has 9 nitrogen and oxygen atoms in total. The summed E-state index contributed by atoms with van der Waals surface area (Å²) in [6, 6.07) is 7.34. The van der Waals surface area contributed by atoms with Crippen LogP contribution in [0.25, 0.3) is 0 Å². The minimum Gasteiger partial charge on any atom is -0.345 e. The van der Waals surface area contributed by atoms with Gasteiger partial charge < -0.3 is 10.6 Å². The average molecular weight is 395 g/mol. The van der Waals surface area contributed by atoms with Crippen molar-refractivity contribution in [1.82, 2.24) is 14.5 Å². The van der Waals surface area contributed by atoms with Crippen molar-refractivity contribution in [2.45, 2.75) is 39.8 Å². The number of hydrogen-bond acceptors (Lipinski definition) is 5. The van der Waals surface area contributed by atoms with Gasteiger partial charge in [0.15, 0.2) is 0 Å². The van der Waals surface area contributed by atoms with Crippen molar-refractivity contribution in [3.8, 4) is 6.07 Å². The van der Waals surface area contributed by atoms with Crippen molar-refractivity contribution in [2.24, 2.45) is 0 Å². The van der Waals surface area contributed by atoms with Gasteiger partial charge in [0.25, 0.3) is 5.56 Å². The molecule has 0 aliphatic carbocycles. The number of aryl methyl sites for hydroxylation is 1. The summed E-state index contributed by atoms with van der Waals surface area (Å²) in [6.07, 6.45) is 1.15. The fourth-order valence-corrected chi connectivity index (χ4v) is 3.35. The molecule has 0 atom stereocenters. The van der Waals surface area contributed by atoms with Crippen molar-refractivity contribution < 1.29 is 9.59 Å². The predicted molar refractivity (Wildman–Crippen MR) is 106 cm³/mol. The molecule has 2 heterocycles. The van der Waals surface area contributed by atoms with Crippen LogP contribution in [0.4, 0.5) is 5.69 Å². The van der Waals surface area contributed by atoms with E-state index in [-0.39, 0.29) is 12.1 Å². The van der Waals surface area contributed by atoms with Crippen LogP contribution in [-0.2, 0) is 29.1 Å². The van der Waals surface area contributed by atoms with Gasteiger partial charge in [-0.15, -0.1) is 0 Å². The lowest BCUT2D eigenvalue weighted by atomic mass is 10.1. The van der Waals surface area contributed by atoms with Crippen LogP contribution in [0.5, 0.6) is 0 Å². The van der Waals surface area contributed by atoms with Crippen LogP contribution < -0.4 is 21.9 Å². The number of carbonyl (C=O) groups is 2. The Balaban J connectivity index is 1.68. The van der Waals surface area contributed by atoms with Crippen LogP contribution in [0.3, 0.4) is 0 Å². The molecule has 2 N–H and O–H groups in total. The second kappa shape index (κ2) is 8.14. The molecule has 3 rings (SSSR count). The molecule has 1 aromatic carbocycles. The lowest BCUT2D eigenvalue weighted by molar-refractivity contribution is -0.124. The summed E-state index contributed by atoms with van der Waals surface area (Å²) in [7, 11) is 0. The Morgan fingerprint density at radius 3 is 2.69 bits per heavy atom. The number of nitriles is 1. The Morgan fingerprint density at radius 1 is 1.21 bits per heavy atom. The molecule has 1 aromatic heterocycles. The first-order chi connectivity index (χ1) is 13.8. The van der Waals surface area contributed by atoms with E-state index < -0.39 is 29.6 Å². The first kappa shape index (κ1) is 20.1. The maximum absolute atomic E-state index is 12.5. The number of carbonyl (C=O) groups excluding carboxylic acids is 2. The number of rotatable bonds is 5. The van der Waals surface area contributed by atoms with Crippen LogP contribution in [0.15, 0.2) is 27.8 Å². The second-order valence-corrected chi connectivity index (χ2v) is 6.93. The van der Waals surface area contributed by atoms with Gasteiger partial charge in [0.05, 0.1) is 6.54 Å². The number of hydrogen-bond donors (Lipinski definition) is 2. The van der Waals surface area contributed by atoms with Crippen molar-refractivity contribution >= 4 is 17.5 Å². The molecule has 2 aromatic rings. The highest BCUT2D eigenvalue weighted by molar-refractivity contribution is 5.95. The Kier molecular flexibility index (Phi) is 5.64. The Labute approximate surface area is 166 Å². The molecule has 150 valence electrons. The third-order valence-electron chi connectivity index (χ3n) is 5.07. The zero-order valence-corrected chi connectivity index (χ0v) is 16.2. The Bertz CT molecular complexity index is 1150. The number of anilines is 1. The summed E-state index contributed by atoms with van der Waals surface area (Å²) in [5.41, 5.74) is 1.52. The zero-order chi connectivity index (χ0) is 21.1. The van der Waals surface area contributed by atoms with Crippen LogP contribution in [0.2, 0.25) is 0 Å². The molecule has 1 aliphatic rings. The van der Waals surface area contributed by atoms with Crippen molar-refractivity contribution in [3.63, 3.8) is 0 Å². The molecular formula is C20H21N5O4. The predicted octanol–water partition coefficient (Wildman–Crippen LogP) is 0.200. The minimum absolute atomic E-state index is 0.109. The molecule has 0 fully saturated rings. The molecule has 0 saturated heterocycles. The lowest BCUT2D eigenvalue weighted by Crippen LogP contribution is -2.46. The third kappa shape index (κ3) is 3.96. The van der Waals surface area contributed by atoms with Gasteiger partial charge in [-0.2, -0.15) is 5.26 Å². The van der Waals surface area contributed by atoms with Gasteiger partial charge in [-0.1, -0.05) is 12.1 Å². The minimum atomic E-state index is -0.777. The van der Waals surface area contributed by atoms with Crippen LogP contribution in [-0.4, -0.2) is 27.5 Å². The monoisotopic (exact) mass is 395 g/mol. The van der Waals surface area contributed by atoms with E-state index in [9.17, 15) is 24.4 Å². The maximum Gasteiger partial charge on any atom is 0.331 e. The summed E-state index contributed by atoms with van der Waals surface area (Å²) in [6.45, 7) is 3.35. The number of aromatic nitrogens is 2. The highest BCUT2D eigenvalue weighted by Crippen LogP contribution is 2.17. The van der Waals surface area contributed by atoms with Crippen LogP contribution in [0, 0.1) is 25.2 Å². The van der Waals surface area contributed by atoms with E-state index in [0.29, 0.717) is 30.8 Å². The molecule has 9 heteroatoms. The van der Waals surface area contributed by atoms with E-state index in [1.807, 2.05) is 32.0 Å². The van der Waals surface area contributed by atoms with Gasteiger partial charge in [-0.05, 0) is 43.9 Å². The maximum atomic E-state index is 12.5. The third-order valence-corrected chi connectivity index (χ3v) is 5.07. The molecule has 0 unspecified atom stereocenters. The number of benzene rings is 1. The summed E-state index contributed by atoms with van der Waals surface area (Å²) < 4.78 is 2.10. The molecule has 29 heavy (non-hydrogen) atoms. The van der Waals surface area contributed by atoms with Gasteiger partial charge >= 0.3 is 5.69 Å². The number of amides is 2. The standard InChI is InChI=1S/C20H21N5O4/c1-12-5-3-6-15(13(12)2)23-17(26)10-22-18(27)11-25-19(28)14(9-21)16-7-4-8-24(16)20(25)29/h3,5-6H,4,7-8,10-11H2,1-2H3,(H,22,27)(H,23,26). The summed E-state index contributed by atoms with van der Waals surface area (Å²) in [5, 5.41) is 14.4. The summed E-state index contributed by atoms with van der Waals surface area (Å²) >= 11 is 0. The first-order valence-corrected chi connectivity index (χ1v) is 9.23. The fourth-order valence-electron chi connectivity index (χ4n) is 3.35. The molecule has 0 radical (unpaired) electrons. The van der Waals surface area contributed by atoms with Crippen molar-refractivity contribution in [3.05, 3.63) is 61.4 Å². The van der Waals surface area contributed by atoms with Crippen molar-refractivity contribution in [2.75, 3.05) is 11.9 Å². The van der Waals surface area contributed by atoms with Crippen LogP contribution >= 0.6 is 0 Å². The average Bonchev–Trinajstić information content (AvgIpc) is 3.17. The van der Waals surface area contributed by atoms with E-state index in [2.05, 4.69) is 10.6 Å². The molecule has 0 bridgehead atoms. The quantitative estimate of drug-likeness (QED) is 0.748. The van der Waals surface area contributed by atoms with E-state index in [4.69, 9.17) is 0 Å². The molecule has 0 saturated carbocycles. The van der Waals surface area contributed by atoms with E-state index in [0.717, 1.165) is 15.7 Å².